The van der Waals surface area contributed by atoms with E-state index < -0.39 is 11.7 Å². The van der Waals surface area contributed by atoms with Crippen LogP contribution >= 0.6 is 0 Å². The second kappa shape index (κ2) is 7.06. The number of aromatic nitrogens is 3. The van der Waals surface area contributed by atoms with E-state index in [9.17, 15) is 18.0 Å². The molecule has 2 unspecified atom stereocenters. The highest BCUT2D eigenvalue weighted by Gasteiger charge is 2.35. The molecule has 1 aromatic heterocycles. The Kier molecular flexibility index (Phi) is 4.99. The van der Waals surface area contributed by atoms with Crippen molar-refractivity contribution in [3.8, 4) is 5.69 Å². The Balaban J connectivity index is 1.90. The van der Waals surface area contributed by atoms with Gasteiger partial charge in [-0.05, 0) is 38.3 Å². The van der Waals surface area contributed by atoms with E-state index in [4.69, 9.17) is 5.73 Å². The van der Waals surface area contributed by atoms with Crippen molar-refractivity contribution in [3.05, 3.63) is 41.7 Å². The normalized spacial score (nSPS) is 19.4. The zero-order chi connectivity index (χ0) is 18.9. The van der Waals surface area contributed by atoms with Crippen LogP contribution in [0.4, 0.5) is 13.2 Å². The standard InChI is InChI=1S/C17H20F3N5O/c1-11(21)14-7-4-5-9-24(14)16(26)13-10-25(23-22-13)15-8-3-2-6-12(15)17(18,19)20/h2-3,6,8,10-11,14H,4-5,7,9,21H2,1H3. The number of rotatable bonds is 3. The fourth-order valence-electron chi connectivity index (χ4n) is 3.30. The Hall–Kier alpha value is -2.42. The molecular formula is C17H20F3N5O. The summed E-state index contributed by atoms with van der Waals surface area (Å²) in [4.78, 5) is 14.4. The molecule has 2 heterocycles. The average molecular weight is 367 g/mol. The van der Waals surface area contributed by atoms with Gasteiger partial charge in [-0.25, -0.2) is 4.68 Å². The topological polar surface area (TPSA) is 77.0 Å². The highest BCUT2D eigenvalue weighted by atomic mass is 19.4. The van der Waals surface area contributed by atoms with Crippen LogP contribution in [0.3, 0.4) is 0 Å². The summed E-state index contributed by atoms with van der Waals surface area (Å²) in [6, 6.07) is 4.73. The maximum atomic E-state index is 13.2. The van der Waals surface area contributed by atoms with Crippen LogP contribution in [0.25, 0.3) is 5.69 Å². The SMILES string of the molecule is CC(N)C1CCCCN1C(=O)c1cn(-c2ccccc2C(F)(F)F)nn1. The van der Waals surface area contributed by atoms with Crippen LogP contribution in [0.1, 0.15) is 42.2 Å². The number of alkyl halides is 3. The van der Waals surface area contributed by atoms with Crippen molar-refractivity contribution in [1.82, 2.24) is 19.9 Å². The number of piperidine rings is 1. The molecule has 1 aromatic carbocycles. The van der Waals surface area contributed by atoms with E-state index in [0.717, 1.165) is 30.0 Å². The number of hydrogen-bond donors (Lipinski definition) is 1. The van der Waals surface area contributed by atoms with Crippen molar-refractivity contribution >= 4 is 5.91 Å². The molecule has 1 amide bonds. The largest absolute Gasteiger partial charge is 0.418 e. The first kappa shape index (κ1) is 18.4. The predicted octanol–water partition coefficient (Wildman–Crippen LogP) is 2.63. The van der Waals surface area contributed by atoms with Crippen molar-refractivity contribution < 1.29 is 18.0 Å². The molecule has 1 saturated heterocycles. The molecule has 26 heavy (non-hydrogen) atoms. The summed E-state index contributed by atoms with van der Waals surface area (Å²) < 4.78 is 40.5. The molecule has 0 saturated carbocycles. The molecule has 2 N–H and O–H groups in total. The first-order chi connectivity index (χ1) is 12.3. The number of nitrogens with zero attached hydrogens (tertiary/aromatic N) is 4. The van der Waals surface area contributed by atoms with E-state index >= 15 is 0 Å². The summed E-state index contributed by atoms with van der Waals surface area (Å²) >= 11 is 0. The fourth-order valence-corrected chi connectivity index (χ4v) is 3.30. The number of carbonyl (C=O) groups is 1. The summed E-state index contributed by atoms with van der Waals surface area (Å²) in [6.45, 7) is 2.39. The Morgan fingerprint density at radius 3 is 2.73 bits per heavy atom. The van der Waals surface area contributed by atoms with Gasteiger partial charge in [-0.1, -0.05) is 17.3 Å². The van der Waals surface area contributed by atoms with Gasteiger partial charge in [0.25, 0.3) is 5.91 Å². The maximum Gasteiger partial charge on any atom is 0.418 e. The summed E-state index contributed by atoms with van der Waals surface area (Å²) in [7, 11) is 0. The van der Waals surface area contributed by atoms with Crippen LogP contribution in [-0.2, 0) is 6.18 Å². The van der Waals surface area contributed by atoms with Crippen LogP contribution in [-0.4, -0.2) is 44.4 Å². The molecule has 2 aromatic rings. The van der Waals surface area contributed by atoms with Crippen molar-refractivity contribution in [1.29, 1.82) is 0 Å². The first-order valence-electron chi connectivity index (χ1n) is 8.44. The number of likely N-dealkylation sites (tertiary alicyclic amines) is 1. The molecule has 3 rings (SSSR count). The van der Waals surface area contributed by atoms with E-state index in [-0.39, 0.29) is 29.4 Å². The minimum Gasteiger partial charge on any atom is -0.333 e. The van der Waals surface area contributed by atoms with Gasteiger partial charge in [-0.3, -0.25) is 4.79 Å². The lowest BCUT2D eigenvalue weighted by molar-refractivity contribution is -0.137. The Morgan fingerprint density at radius 2 is 2.04 bits per heavy atom. The molecule has 0 spiro atoms. The number of para-hydroxylation sites is 1. The van der Waals surface area contributed by atoms with Gasteiger partial charge in [-0.2, -0.15) is 13.2 Å². The summed E-state index contributed by atoms with van der Waals surface area (Å²) in [5.41, 5.74) is 4.98. The van der Waals surface area contributed by atoms with Gasteiger partial charge < -0.3 is 10.6 Å². The maximum absolute atomic E-state index is 13.2. The van der Waals surface area contributed by atoms with Gasteiger partial charge in [0.15, 0.2) is 5.69 Å². The van der Waals surface area contributed by atoms with Crippen LogP contribution in [0.15, 0.2) is 30.5 Å². The third kappa shape index (κ3) is 3.57. The third-order valence-electron chi connectivity index (χ3n) is 4.59. The zero-order valence-corrected chi connectivity index (χ0v) is 14.3. The minimum atomic E-state index is -4.53. The third-order valence-corrected chi connectivity index (χ3v) is 4.59. The number of amides is 1. The van der Waals surface area contributed by atoms with Crippen molar-refractivity contribution in [2.75, 3.05) is 6.54 Å². The molecule has 1 fully saturated rings. The molecule has 140 valence electrons. The second-order valence-electron chi connectivity index (χ2n) is 6.48. The number of hydrogen-bond acceptors (Lipinski definition) is 4. The van der Waals surface area contributed by atoms with E-state index in [1.807, 2.05) is 6.92 Å². The highest BCUT2D eigenvalue weighted by Crippen LogP contribution is 2.33. The lowest BCUT2D eigenvalue weighted by Crippen LogP contribution is -2.51. The van der Waals surface area contributed by atoms with Gasteiger partial charge >= 0.3 is 6.18 Å². The van der Waals surface area contributed by atoms with Gasteiger partial charge in [-0.15, -0.1) is 5.10 Å². The number of benzene rings is 1. The Bertz CT molecular complexity index is 787. The van der Waals surface area contributed by atoms with Crippen molar-refractivity contribution in [2.24, 2.45) is 5.73 Å². The molecule has 0 bridgehead atoms. The van der Waals surface area contributed by atoms with Crippen LogP contribution in [0, 0.1) is 0 Å². The number of carbonyl (C=O) groups excluding carboxylic acids is 1. The van der Waals surface area contributed by atoms with E-state index in [1.54, 1.807) is 4.90 Å². The molecule has 9 heteroatoms. The fraction of sp³-hybridized carbons (Fsp3) is 0.471. The summed E-state index contributed by atoms with van der Waals surface area (Å²) in [5, 5.41) is 7.53. The quantitative estimate of drug-likeness (QED) is 0.905. The molecule has 2 atom stereocenters. The highest BCUT2D eigenvalue weighted by molar-refractivity contribution is 5.92. The molecule has 0 radical (unpaired) electrons. The first-order valence-corrected chi connectivity index (χ1v) is 8.44. The lowest BCUT2D eigenvalue weighted by Gasteiger charge is -2.37. The van der Waals surface area contributed by atoms with Crippen molar-refractivity contribution in [3.63, 3.8) is 0 Å². The van der Waals surface area contributed by atoms with Crippen LogP contribution in [0.5, 0.6) is 0 Å². The van der Waals surface area contributed by atoms with E-state index in [1.165, 1.54) is 24.4 Å². The molecule has 1 aliphatic heterocycles. The van der Waals surface area contributed by atoms with Crippen LogP contribution < -0.4 is 5.73 Å². The van der Waals surface area contributed by atoms with Gasteiger partial charge in [0.1, 0.15) is 0 Å². The molecule has 0 aliphatic carbocycles. The lowest BCUT2D eigenvalue weighted by atomic mass is 9.96. The zero-order valence-electron chi connectivity index (χ0n) is 14.3. The van der Waals surface area contributed by atoms with Gasteiger partial charge in [0.2, 0.25) is 0 Å². The smallest absolute Gasteiger partial charge is 0.333 e. The van der Waals surface area contributed by atoms with Gasteiger partial charge in [0, 0.05) is 18.6 Å². The Morgan fingerprint density at radius 1 is 1.31 bits per heavy atom. The van der Waals surface area contributed by atoms with E-state index in [0.29, 0.717) is 6.54 Å². The summed E-state index contributed by atoms with van der Waals surface area (Å²) in [5.74, 6) is -0.359. The number of halogens is 3. The van der Waals surface area contributed by atoms with Gasteiger partial charge in [0.05, 0.1) is 17.4 Å². The molecule has 6 nitrogen and oxygen atoms in total. The van der Waals surface area contributed by atoms with Crippen LogP contribution in [0.2, 0.25) is 0 Å². The average Bonchev–Trinajstić information content (AvgIpc) is 3.10. The predicted molar refractivity (Wildman–Crippen MR) is 88.7 cm³/mol. The van der Waals surface area contributed by atoms with Crippen molar-refractivity contribution in [2.45, 2.75) is 44.4 Å². The molecule has 1 aliphatic rings. The second-order valence-corrected chi connectivity index (χ2v) is 6.48. The van der Waals surface area contributed by atoms with E-state index in [2.05, 4.69) is 10.3 Å². The Labute approximate surface area is 148 Å². The number of nitrogens with two attached hydrogens (primary N) is 1. The summed E-state index contributed by atoms with van der Waals surface area (Å²) in [6.07, 6.45) is -0.643. The molecular weight excluding hydrogens is 347 g/mol. The minimum absolute atomic E-state index is 0.00882. The monoisotopic (exact) mass is 367 g/mol.